The van der Waals surface area contributed by atoms with Crippen molar-refractivity contribution in [2.75, 3.05) is 0 Å². The highest BCUT2D eigenvalue weighted by molar-refractivity contribution is 5.41. The van der Waals surface area contributed by atoms with Crippen LogP contribution in [0.1, 0.15) is 29.8 Å². The summed E-state index contributed by atoms with van der Waals surface area (Å²) >= 11 is 0. The number of nitrogens with two attached hydrogens (primary N) is 1. The number of benzene rings is 1. The van der Waals surface area contributed by atoms with Crippen molar-refractivity contribution in [3.05, 3.63) is 40.8 Å². The molecule has 18 heavy (non-hydrogen) atoms. The first-order valence-corrected chi connectivity index (χ1v) is 5.73. The standard InChI is InChI=1S/C13H16FN3O/c1-7-4-12(10(9(3)15)6-11(7)14)18-13-5-8(2)16-17-13/h4-6,9H,15H2,1-3H3,(H,16,17)/t9-/m1/s1. The molecule has 1 atom stereocenters. The molecule has 0 aliphatic heterocycles. The van der Waals surface area contributed by atoms with Gasteiger partial charge >= 0.3 is 0 Å². The number of halogens is 1. The fourth-order valence-corrected chi connectivity index (χ4v) is 1.67. The van der Waals surface area contributed by atoms with Crippen molar-refractivity contribution in [2.45, 2.75) is 26.8 Å². The number of aromatic amines is 1. The molecule has 1 aromatic carbocycles. The van der Waals surface area contributed by atoms with Crippen molar-refractivity contribution in [2.24, 2.45) is 5.73 Å². The maximum atomic E-state index is 13.5. The Morgan fingerprint density at radius 3 is 2.61 bits per heavy atom. The molecular formula is C13H16FN3O. The van der Waals surface area contributed by atoms with Gasteiger partial charge in [0.05, 0.1) is 0 Å². The van der Waals surface area contributed by atoms with Crippen molar-refractivity contribution < 1.29 is 9.13 Å². The quantitative estimate of drug-likeness (QED) is 0.879. The number of ether oxygens (including phenoxy) is 1. The monoisotopic (exact) mass is 249 g/mol. The zero-order chi connectivity index (χ0) is 13.3. The van der Waals surface area contributed by atoms with E-state index in [2.05, 4.69) is 10.2 Å². The van der Waals surface area contributed by atoms with Gasteiger partial charge in [-0.05, 0) is 38.5 Å². The van der Waals surface area contributed by atoms with Gasteiger partial charge in [0, 0.05) is 23.4 Å². The Morgan fingerprint density at radius 2 is 2.06 bits per heavy atom. The summed E-state index contributed by atoms with van der Waals surface area (Å²) in [7, 11) is 0. The van der Waals surface area contributed by atoms with Crippen LogP contribution in [-0.2, 0) is 0 Å². The Kier molecular flexibility index (Phi) is 3.34. The van der Waals surface area contributed by atoms with Crippen LogP contribution in [-0.4, -0.2) is 10.2 Å². The molecule has 1 heterocycles. The van der Waals surface area contributed by atoms with E-state index < -0.39 is 0 Å². The second-order valence-electron chi connectivity index (χ2n) is 4.42. The van der Waals surface area contributed by atoms with Crippen LogP contribution >= 0.6 is 0 Å². The smallest absolute Gasteiger partial charge is 0.238 e. The number of aryl methyl sites for hydroxylation is 2. The molecule has 2 rings (SSSR count). The highest BCUT2D eigenvalue weighted by atomic mass is 19.1. The van der Waals surface area contributed by atoms with Crippen LogP contribution < -0.4 is 10.5 Å². The summed E-state index contributed by atoms with van der Waals surface area (Å²) in [4.78, 5) is 0. The van der Waals surface area contributed by atoms with Gasteiger partial charge in [-0.2, -0.15) is 0 Å². The first-order chi connectivity index (χ1) is 8.47. The van der Waals surface area contributed by atoms with E-state index in [0.717, 1.165) is 5.69 Å². The van der Waals surface area contributed by atoms with Gasteiger partial charge in [0.25, 0.3) is 0 Å². The van der Waals surface area contributed by atoms with Gasteiger partial charge in [-0.1, -0.05) is 0 Å². The zero-order valence-electron chi connectivity index (χ0n) is 10.6. The van der Waals surface area contributed by atoms with Gasteiger partial charge in [-0.25, -0.2) is 4.39 Å². The summed E-state index contributed by atoms with van der Waals surface area (Å²) in [5.41, 5.74) is 7.85. The van der Waals surface area contributed by atoms with Crippen LogP contribution in [0, 0.1) is 19.7 Å². The second-order valence-corrected chi connectivity index (χ2v) is 4.42. The molecule has 0 saturated heterocycles. The molecule has 96 valence electrons. The van der Waals surface area contributed by atoms with Crippen LogP contribution in [0.15, 0.2) is 18.2 Å². The SMILES string of the molecule is Cc1cc(Oc2cc(C)c(F)cc2[C@@H](C)N)n[nH]1. The molecule has 0 fully saturated rings. The molecule has 2 aromatic rings. The number of hydrogen-bond donors (Lipinski definition) is 2. The molecule has 4 nitrogen and oxygen atoms in total. The number of H-pyrrole nitrogens is 1. The highest BCUT2D eigenvalue weighted by Crippen LogP contribution is 2.30. The summed E-state index contributed by atoms with van der Waals surface area (Å²) in [6, 6.07) is 4.51. The molecule has 1 aromatic heterocycles. The Bertz CT molecular complexity index is 563. The second kappa shape index (κ2) is 4.78. The lowest BCUT2D eigenvalue weighted by Gasteiger charge is -2.13. The van der Waals surface area contributed by atoms with E-state index in [0.29, 0.717) is 22.8 Å². The van der Waals surface area contributed by atoms with Gasteiger partial charge in [0.1, 0.15) is 11.6 Å². The lowest BCUT2D eigenvalue weighted by molar-refractivity contribution is 0.449. The van der Waals surface area contributed by atoms with E-state index in [1.165, 1.54) is 6.07 Å². The largest absolute Gasteiger partial charge is 0.437 e. The van der Waals surface area contributed by atoms with E-state index in [4.69, 9.17) is 10.5 Å². The number of nitrogens with one attached hydrogen (secondary N) is 1. The fourth-order valence-electron chi connectivity index (χ4n) is 1.67. The topological polar surface area (TPSA) is 63.9 Å². The van der Waals surface area contributed by atoms with E-state index in [1.54, 1.807) is 26.0 Å². The summed E-state index contributed by atoms with van der Waals surface area (Å²) in [5, 5.41) is 6.77. The van der Waals surface area contributed by atoms with Crippen LogP contribution in [0.4, 0.5) is 4.39 Å². The third-order valence-corrected chi connectivity index (χ3v) is 2.68. The minimum atomic E-state index is -0.310. The van der Waals surface area contributed by atoms with Crippen LogP contribution in [0.25, 0.3) is 0 Å². The van der Waals surface area contributed by atoms with Gasteiger partial charge in [0.15, 0.2) is 0 Å². The molecule has 0 radical (unpaired) electrons. The average Bonchev–Trinajstić information content (AvgIpc) is 2.68. The Labute approximate surface area is 105 Å². The predicted molar refractivity (Wildman–Crippen MR) is 67.1 cm³/mol. The average molecular weight is 249 g/mol. The van der Waals surface area contributed by atoms with Crippen molar-refractivity contribution in [3.8, 4) is 11.6 Å². The normalized spacial score (nSPS) is 12.5. The lowest BCUT2D eigenvalue weighted by atomic mass is 10.1. The Morgan fingerprint density at radius 1 is 1.33 bits per heavy atom. The number of hydrogen-bond acceptors (Lipinski definition) is 3. The molecule has 3 N–H and O–H groups in total. The zero-order valence-corrected chi connectivity index (χ0v) is 10.6. The summed E-state index contributed by atoms with van der Waals surface area (Å²) in [5.74, 6) is 0.698. The highest BCUT2D eigenvalue weighted by Gasteiger charge is 2.13. The van der Waals surface area contributed by atoms with Crippen molar-refractivity contribution in [3.63, 3.8) is 0 Å². The minimum absolute atomic E-state index is 0.284. The lowest BCUT2D eigenvalue weighted by Crippen LogP contribution is -2.08. The molecule has 0 spiro atoms. The maximum absolute atomic E-state index is 13.5. The Balaban J connectivity index is 2.39. The van der Waals surface area contributed by atoms with Crippen LogP contribution in [0.2, 0.25) is 0 Å². The van der Waals surface area contributed by atoms with E-state index in [-0.39, 0.29) is 11.9 Å². The predicted octanol–water partition coefficient (Wildman–Crippen LogP) is 2.98. The van der Waals surface area contributed by atoms with Gasteiger partial charge < -0.3 is 10.5 Å². The van der Waals surface area contributed by atoms with Gasteiger partial charge in [0.2, 0.25) is 5.88 Å². The molecule has 0 bridgehead atoms. The molecular weight excluding hydrogens is 233 g/mol. The Hall–Kier alpha value is -1.88. The molecule has 0 amide bonds. The van der Waals surface area contributed by atoms with E-state index in [1.807, 2.05) is 6.92 Å². The molecule has 0 aliphatic carbocycles. The van der Waals surface area contributed by atoms with E-state index in [9.17, 15) is 4.39 Å². The third-order valence-electron chi connectivity index (χ3n) is 2.68. The summed E-state index contributed by atoms with van der Waals surface area (Å²) < 4.78 is 19.2. The van der Waals surface area contributed by atoms with Crippen LogP contribution in [0.3, 0.4) is 0 Å². The maximum Gasteiger partial charge on any atom is 0.238 e. The molecule has 0 saturated carbocycles. The van der Waals surface area contributed by atoms with Crippen molar-refractivity contribution in [1.29, 1.82) is 0 Å². The molecule has 0 aliphatic rings. The van der Waals surface area contributed by atoms with Crippen molar-refractivity contribution >= 4 is 0 Å². The fraction of sp³-hybridized carbons (Fsp3) is 0.308. The number of rotatable bonds is 3. The summed E-state index contributed by atoms with van der Waals surface area (Å²) in [6.07, 6.45) is 0. The van der Waals surface area contributed by atoms with E-state index >= 15 is 0 Å². The molecule has 0 unspecified atom stereocenters. The van der Waals surface area contributed by atoms with Gasteiger partial charge in [-0.3, -0.25) is 5.10 Å². The first-order valence-electron chi connectivity index (χ1n) is 5.73. The number of aromatic nitrogens is 2. The number of nitrogens with zero attached hydrogens (tertiary/aromatic N) is 1. The summed E-state index contributed by atoms with van der Waals surface area (Å²) in [6.45, 7) is 5.35. The third kappa shape index (κ3) is 2.51. The van der Waals surface area contributed by atoms with Crippen LogP contribution in [0.5, 0.6) is 11.6 Å². The van der Waals surface area contributed by atoms with Crippen molar-refractivity contribution in [1.82, 2.24) is 10.2 Å². The molecule has 5 heteroatoms. The first kappa shape index (κ1) is 12.6. The van der Waals surface area contributed by atoms with Gasteiger partial charge in [-0.15, -0.1) is 5.10 Å². The minimum Gasteiger partial charge on any atom is -0.437 e.